The van der Waals surface area contributed by atoms with Crippen LogP contribution in [-0.2, 0) is 14.6 Å². The summed E-state index contributed by atoms with van der Waals surface area (Å²) in [6.45, 7) is 1.77. The van der Waals surface area contributed by atoms with Gasteiger partial charge >= 0.3 is 0 Å². The van der Waals surface area contributed by atoms with Crippen LogP contribution < -0.4 is 10.6 Å². The smallest absolute Gasteiger partial charge is 0.243 e. The average Bonchev–Trinajstić information content (AvgIpc) is 2.49. The first kappa shape index (κ1) is 18.6. The highest BCUT2D eigenvalue weighted by Crippen LogP contribution is 2.25. The molecule has 5 nitrogen and oxygen atoms in total. The molecular formula is C16H16Cl2N2O3S. The van der Waals surface area contributed by atoms with Crippen molar-refractivity contribution in [2.75, 3.05) is 23.4 Å². The van der Waals surface area contributed by atoms with Gasteiger partial charge in [0.2, 0.25) is 5.91 Å². The molecular weight excluding hydrogens is 371 g/mol. The first-order valence-corrected chi connectivity index (χ1v) is 9.61. The van der Waals surface area contributed by atoms with Gasteiger partial charge in [-0.15, -0.1) is 0 Å². The predicted octanol–water partition coefficient (Wildman–Crippen LogP) is 3.76. The van der Waals surface area contributed by atoms with Gasteiger partial charge in [0, 0.05) is 17.0 Å². The van der Waals surface area contributed by atoms with Gasteiger partial charge in [-0.2, -0.15) is 0 Å². The number of nitrogens with one attached hydrogen (secondary N) is 2. The minimum Gasteiger partial charge on any atom is -0.376 e. The van der Waals surface area contributed by atoms with Gasteiger partial charge in [-0.1, -0.05) is 29.3 Å². The van der Waals surface area contributed by atoms with Gasteiger partial charge in [0.1, 0.15) is 0 Å². The van der Waals surface area contributed by atoms with Crippen molar-refractivity contribution in [3.63, 3.8) is 0 Å². The molecule has 0 heterocycles. The molecule has 0 saturated carbocycles. The van der Waals surface area contributed by atoms with E-state index in [0.717, 1.165) is 11.8 Å². The molecule has 0 bridgehead atoms. The summed E-state index contributed by atoms with van der Waals surface area (Å²) in [5.41, 5.74) is 1.82. The zero-order chi connectivity index (χ0) is 17.9. The molecule has 0 aliphatic carbocycles. The van der Waals surface area contributed by atoms with Crippen molar-refractivity contribution in [3.05, 3.63) is 52.0 Å². The van der Waals surface area contributed by atoms with Crippen molar-refractivity contribution in [2.45, 2.75) is 11.8 Å². The zero-order valence-electron chi connectivity index (χ0n) is 13.1. The van der Waals surface area contributed by atoms with E-state index in [1.807, 2.05) is 6.92 Å². The lowest BCUT2D eigenvalue weighted by atomic mass is 10.2. The molecule has 1 amide bonds. The van der Waals surface area contributed by atoms with Crippen molar-refractivity contribution in [2.24, 2.45) is 0 Å². The van der Waals surface area contributed by atoms with E-state index in [1.54, 1.807) is 24.3 Å². The standard InChI is InChI=1S/C16H16Cl2N2O3S/c1-10-3-5-12(24(2,22)23)8-14(10)19-9-16(21)20-15-7-11(17)4-6-13(15)18/h3-8,19H,9H2,1-2H3,(H,20,21). The fourth-order valence-electron chi connectivity index (χ4n) is 1.99. The summed E-state index contributed by atoms with van der Waals surface area (Å²) in [6, 6.07) is 9.48. The number of carbonyl (C=O) groups is 1. The minimum absolute atomic E-state index is 0.0447. The van der Waals surface area contributed by atoms with Crippen LogP contribution in [0.15, 0.2) is 41.3 Å². The van der Waals surface area contributed by atoms with E-state index in [9.17, 15) is 13.2 Å². The first-order chi connectivity index (χ1) is 11.2. The molecule has 128 valence electrons. The Kier molecular flexibility index (Phi) is 5.74. The number of amides is 1. The van der Waals surface area contributed by atoms with Crippen molar-refractivity contribution < 1.29 is 13.2 Å². The molecule has 0 fully saturated rings. The van der Waals surface area contributed by atoms with Crippen LogP contribution in [0.3, 0.4) is 0 Å². The topological polar surface area (TPSA) is 75.3 Å². The van der Waals surface area contributed by atoms with Gasteiger partial charge in [-0.05, 0) is 42.8 Å². The molecule has 2 aromatic rings. The van der Waals surface area contributed by atoms with Crippen LogP contribution in [0.4, 0.5) is 11.4 Å². The SMILES string of the molecule is Cc1ccc(S(C)(=O)=O)cc1NCC(=O)Nc1cc(Cl)ccc1Cl. The molecule has 0 saturated heterocycles. The van der Waals surface area contributed by atoms with Gasteiger partial charge in [0.15, 0.2) is 9.84 Å². The molecule has 2 N–H and O–H groups in total. The van der Waals surface area contributed by atoms with Gasteiger partial charge in [0.25, 0.3) is 0 Å². The molecule has 0 spiro atoms. The van der Waals surface area contributed by atoms with E-state index >= 15 is 0 Å². The lowest BCUT2D eigenvalue weighted by Gasteiger charge is -2.12. The van der Waals surface area contributed by atoms with Crippen LogP contribution in [0, 0.1) is 6.92 Å². The molecule has 0 atom stereocenters. The summed E-state index contributed by atoms with van der Waals surface area (Å²) in [4.78, 5) is 12.2. The Morgan fingerprint density at radius 1 is 1.08 bits per heavy atom. The largest absolute Gasteiger partial charge is 0.376 e. The number of hydrogen-bond donors (Lipinski definition) is 2. The number of hydrogen-bond acceptors (Lipinski definition) is 4. The van der Waals surface area contributed by atoms with Crippen molar-refractivity contribution in [3.8, 4) is 0 Å². The average molecular weight is 387 g/mol. The normalized spacial score (nSPS) is 11.2. The van der Waals surface area contributed by atoms with Gasteiger partial charge in [-0.25, -0.2) is 8.42 Å². The molecule has 0 aliphatic rings. The molecule has 0 aliphatic heterocycles. The Morgan fingerprint density at radius 3 is 2.46 bits per heavy atom. The maximum atomic E-state index is 12.0. The molecule has 0 unspecified atom stereocenters. The fourth-order valence-corrected chi connectivity index (χ4v) is 2.97. The van der Waals surface area contributed by atoms with E-state index in [4.69, 9.17) is 23.2 Å². The second-order valence-electron chi connectivity index (χ2n) is 5.27. The monoisotopic (exact) mass is 386 g/mol. The number of halogens is 2. The van der Waals surface area contributed by atoms with Crippen LogP contribution in [-0.4, -0.2) is 27.1 Å². The van der Waals surface area contributed by atoms with Gasteiger partial charge in [0.05, 0.1) is 22.2 Å². The Hall–Kier alpha value is -1.76. The molecule has 8 heteroatoms. The molecule has 0 radical (unpaired) electrons. The third-order valence-electron chi connectivity index (χ3n) is 3.28. The van der Waals surface area contributed by atoms with Gasteiger partial charge in [-0.3, -0.25) is 4.79 Å². The summed E-state index contributed by atoms with van der Waals surface area (Å²) in [7, 11) is -3.31. The van der Waals surface area contributed by atoms with Crippen molar-refractivity contribution >= 4 is 50.3 Å². The maximum absolute atomic E-state index is 12.0. The summed E-state index contributed by atoms with van der Waals surface area (Å²) in [5.74, 6) is -0.330. The third-order valence-corrected chi connectivity index (χ3v) is 4.95. The summed E-state index contributed by atoms with van der Waals surface area (Å²) in [6.07, 6.45) is 1.13. The Morgan fingerprint density at radius 2 is 1.79 bits per heavy atom. The number of benzene rings is 2. The lowest BCUT2D eigenvalue weighted by Crippen LogP contribution is -2.22. The van der Waals surface area contributed by atoms with Crippen LogP contribution in [0.25, 0.3) is 0 Å². The second-order valence-corrected chi connectivity index (χ2v) is 8.13. The zero-order valence-corrected chi connectivity index (χ0v) is 15.4. The van der Waals surface area contributed by atoms with Crippen molar-refractivity contribution in [1.29, 1.82) is 0 Å². The lowest BCUT2D eigenvalue weighted by molar-refractivity contribution is -0.114. The fraction of sp³-hybridized carbons (Fsp3) is 0.188. The third kappa shape index (κ3) is 4.87. The van der Waals surface area contributed by atoms with Gasteiger partial charge < -0.3 is 10.6 Å². The molecule has 2 aromatic carbocycles. The quantitative estimate of drug-likeness (QED) is 0.819. The Bertz CT molecular complexity index is 883. The summed E-state index contributed by atoms with van der Waals surface area (Å²) in [5, 5.41) is 6.41. The second kappa shape index (κ2) is 7.42. The number of sulfone groups is 1. The highest BCUT2D eigenvalue weighted by atomic mass is 35.5. The van der Waals surface area contributed by atoms with Crippen LogP contribution in [0.5, 0.6) is 0 Å². The van der Waals surface area contributed by atoms with E-state index in [-0.39, 0.29) is 17.3 Å². The van der Waals surface area contributed by atoms with Crippen molar-refractivity contribution in [1.82, 2.24) is 0 Å². The number of aryl methyl sites for hydroxylation is 1. The van der Waals surface area contributed by atoms with Crippen LogP contribution >= 0.6 is 23.2 Å². The highest BCUT2D eigenvalue weighted by Gasteiger charge is 2.11. The van der Waals surface area contributed by atoms with Crippen LogP contribution in [0.2, 0.25) is 10.0 Å². The summed E-state index contributed by atoms with van der Waals surface area (Å²) < 4.78 is 23.2. The number of rotatable bonds is 5. The molecule has 2 rings (SSSR count). The van der Waals surface area contributed by atoms with E-state index in [0.29, 0.717) is 21.4 Å². The number of carbonyl (C=O) groups excluding carboxylic acids is 1. The van der Waals surface area contributed by atoms with Crippen LogP contribution in [0.1, 0.15) is 5.56 Å². The Labute approximate surface area is 150 Å². The molecule has 0 aromatic heterocycles. The van der Waals surface area contributed by atoms with E-state index < -0.39 is 9.84 Å². The Balaban J connectivity index is 2.08. The van der Waals surface area contributed by atoms with E-state index in [1.165, 1.54) is 12.1 Å². The van der Waals surface area contributed by atoms with E-state index in [2.05, 4.69) is 10.6 Å². The number of anilines is 2. The minimum atomic E-state index is -3.31. The first-order valence-electron chi connectivity index (χ1n) is 6.96. The molecule has 24 heavy (non-hydrogen) atoms. The predicted molar refractivity (Wildman–Crippen MR) is 97.9 cm³/mol. The highest BCUT2D eigenvalue weighted by molar-refractivity contribution is 7.90. The maximum Gasteiger partial charge on any atom is 0.243 e. The summed E-state index contributed by atoms with van der Waals surface area (Å²) >= 11 is 11.9.